The number of aromatic nitrogens is 6. The summed E-state index contributed by atoms with van der Waals surface area (Å²) < 4.78 is 36.2. The Labute approximate surface area is 161 Å². The van der Waals surface area contributed by atoms with Crippen LogP contribution in [0.15, 0.2) is 18.5 Å². The Morgan fingerprint density at radius 3 is 2.82 bits per heavy atom. The number of anilines is 2. The van der Waals surface area contributed by atoms with Gasteiger partial charge in [0.1, 0.15) is 21.2 Å². The van der Waals surface area contributed by atoms with Crippen molar-refractivity contribution in [3.8, 4) is 5.88 Å². The molecule has 0 spiro atoms. The van der Waals surface area contributed by atoms with Crippen molar-refractivity contribution in [3.05, 3.63) is 18.5 Å². The molecule has 2 N–H and O–H groups in total. The Morgan fingerprint density at radius 2 is 2.07 bits per heavy atom. The van der Waals surface area contributed by atoms with Gasteiger partial charge in [-0.15, -0.1) is 0 Å². The molecule has 13 heteroatoms. The third kappa shape index (κ3) is 3.66. The second-order valence-corrected chi connectivity index (χ2v) is 7.18. The molecule has 146 valence electrons. The molecule has 0 aromatic carbocycles. The predicted molar refractivity (Wildman–Crippen MR) is 102 cm³/mol. The highest BCUT2D eigenvalue weighted by atomic mass is 19.3. The fourth-order valence-corrected chi connectivity index (χ4v) is 3.52. The van der Waals surface area contributed by atoms with Crippen LogP contribution in [0.25, 0.3) is 11.2 Å². The van der Waals surface area contributed by atoms with Gasteiger partial charge in [-0.2, -0.15) is 19.0 Å². The van der Waals surface area contributed by atoms with Gasteiger partial charge in [-0.1, -0.05) is 0 Å². The topological polar surface area (TPSA) is 103 Å². The number of rotatable bonds is 6. The lowest BCUT2D eigenvalue weighted by Gasteiger charge is -2.37. The highest BCUT2D eigenvalue weighted by Crippen LogP contribution is 2.30. The van der Waals surface area contributed by atoms with Crippen molar-refractivity contribution in [2.75, 3.05) is 18.5 Å². The third-order valence-electron chi connectivity index (χ3n) is 5.07. The van der Waals surface area contributed by atoms with E-state index in [9.17, 15) is 8.78 Å². The van der Waals surface area contributed by atoms with Crippen molar-refractivity contribution in [1.82, 2.24) is 29.9 Å². The summed E-state index contributed by atoms with van der Waals surface area (Å²) in [6, 6.07) is 1.32. The molecule has 0 bridgehead atoms. The van der Waals surface area contributed by atoms with E-state index in [1.54, 1.807) is 6.20 Å². The molecule has 0 amide bonds. The minimum atomic E-state index is -2.92. The number of nitrogens with one attached hydrogen (secondary N) is 2. The lowest BCUT2D eigenvalue weighted by molar-refractivity contribution is -0.0528. The second-order valence-electron chi connectivity index (χ2n) is 7.18. The van der Waals surface area contributed by atoms with Crippen LogP contribution in [0.4, 0.5) is 20.4 Å². The quantitative estimate of drug-likeness (QED) is 0.581. The lowest BCUT2D eigenvalue weighted by Crippen LogP contribution is -2.45. The Balaban J connectivity index is 1.60. The monoisotopic (exact) mass is 389 g/mol. The molecule has 0 atom stereocenters. The number of H-pyrrole nitrogens is 1. The number of aromatic amines is 1. The summed E-state index contributed by atoms with van der Waals surface area (Å²) in [5, 5.41) is 13.5. The van der Waals surface area contributed by atoms with E-state index in [4.69, 9.17) is 4.74 Å². The van der Waals surface area contributed by atoms with E-state index in [2.05, 4.69) is 51.0 Å². The van der Waals surface area contributed by atoms with Gasteiger partial charge in [0.25, 0.3) is 0 Å². The molecule has 4 heterocycles. The van der Waals surface area contributed by atoms with E-state index in [-0.39, 0.29) is 11.2 Å². The Hall–Kier alpha value is -2.69. The van der Waals surface area contributed by atoms with Crippen LogP contribution < -0.4 is 10.1 Å². The summed E-state index contributed by atoms with van der Waals surface area (Å²) in [5.74, 6) is 0.978. The summed E-state index contributed by atoms with van der Waals surface area (Å²) >= 11 is 0. The number of ether oxygens (including phenoxy) is 2. The largest absolute Gasteiger partial charge is 0.417 e. The maximum Gasteiger partial charge on any atom is 0.388 e. The van der Waals surface area contributed by atoms with Gasteiger partial charge in [0.15, 0.2) is 17.3 Å². The van der Waals surface area contributed by atoms with Gasteiger partial charge in [0.2, 0.25) is 5.88 Å². The minimum Gasteiger partial charge on any atom is -0.417 e. The van der Waals surface area contributed by atoms with E-state index in [0.29, 0.717) is 28.7 Å². The van der Waals surface area contributed by atoms with Crippen molar-refractivity contribution in [2.45, 2.75) is 24.8 Å². The molecule has 0 saturated carbocycles. The highest BCUT2D eigenvalue weighted by molar-refractivity contribution is 6.38. The number of nitrogens with zero attached hydrogens (tertiary/aromatic N) is 5. The van der Waals surface area contributed by atoms with Crippen molar-refractivity contribution in [2.24, 2.45) is 5.92 Å². The van der Waals surface area contributed by atoms with Crippen LogP contribution in [0.2, 0.25) is 0 Å². The first-order valence-corrected chi connectivity index (χ1v) is 9.00. The molecule has 0 aliphatic carbocycles. The summed E-state index contributed by atoms with van der Waals surface area (Å²) in [6.45, 7) is -1.44. The molecule has 1 aliphatic heterocycles. The van der Waals surface area contributed by atoms with Crippen molar-refractivity contribution in [1.29, 1.82) is 0 Å². The third-order valence-corrected chi connectivity index (χ3v) is 5.07. The number of hydrogen-bond donors (Lipinski definition) is 2. The fourth-order valence-electron chi connectivity index (χ4n) is 3.52. The first-order valence-electron chi connectivity index (χ1n) is 9.00. The molecule has 3 aromatic heterocycles. The maximum atomic E-state index is 12.3. The van der Waals surface area contributed by atoms with E-state index in [1.165, 1.54) is 12.3 Å². The van der Waals surface area contributed by atoms with Crippen molar-refractivity contribution < 1.29 is 18.3 Å². The summed E-state index contributed by atoms with van der Waals surface area (Å²) in [7, 11) is 4.28. The molecule has 1 aliphatic rings. The first kappa shape index (κ1) is 18.7. The summed E-state index contributed by atoms with van der Waals surface area (Å²) in [6.07, 6.45) is 5.15. The fraction of sp³-hybridized carbons (Fsp3) is 0.467. The molecule has 4 rings (SSSR count). The second kappa shape index (κ2) is 7.38. The first-order chi connectivity index (χ1) is 13.4. The Kier molecular flexibility index (Phi) is 4.92. The van der Waals surface area contributed by atoms with Gasteiger partial charge in [-0.25, -0.2) is 15.1 Å². The van der Waals surface area contributed by atoms with E-state index < -0.39 is 6.61 Å². The lowest BCUT2D eigenvalue weighted by atomic mass is 9.53. The van der Waals surface area contributed by atoms with Crippen LogP contribution in [0.1, 0.15) is 12.8 Å². The molecule has 9 nitrogen and oxygen atoms in total. The van der Waals surface area contributed by atoms with Gasteiger partial charge in [0, 0.05) is 24.6 Å². The smallest absolute Gasteiger partial charge is 0.388 e. The van der Waals surface area contributed by atoms with Crippen molar-refractivity contribution >= 4 is 38.5 Å². The Morgan fingerprint density at radius 1 is 1.29 bits per heavy atom. The van der Waals surface area contributed by atoms with Crippen molar-refractivity contribution in [3.63, 3.8) is 0 Å². The number of fused-ring (bicyclic) bond motifs is 1. The number of hydrogen-bond acceptors (Lipinski definition) is 7. The van der Waals surface area contributed by atoms with E-state index in [1.807, 2.05) is 4.68 Å². The minimum absolute atomic E-state index is 0.141. The zero-order valence-electron chi connectivity index (χ0n) is 15.5. The molecular weight excluding hydrogens is 370 g/mol. The zero-order chi connectivity index (χ0) is 19.7. The zero-order valence-corrected chi connectivity index (χ0v) is 15.5. The Bertz CT molecular complexity index is 959. The summed E-state index contributed by atoms with van der Waals surface area (Å²) in [5.41, 5.74) is 1.32. The highest BCUT2D eigenvalue weighted by Gasteiger charge is 2.34. The van der Waals surface area contributed by atoms with Crippen LogP contribution in [-0.2, 0) is 10.1 Å². The number of alkyl halides is 2. The van der Waals surface area contributed by atoms with E-state index >= 15 is 0 Å². The molecule has 0 unspecified atom stereocenters. The summed E-state index contributed by atoms with van der Waals surface area (Å²) in [4.78, 5) is 9.00. The van der Waals surface area contributed by atoms with Gasteiger partial charge >= 0.3 is 6.61 Å². The van der Waals surface area contributed by atoms with Crippen LogP contribution in [0.3, 0.4) is 0 Å². The maximum absolute atomic E-state index is 12.3. The standard InChI is InChI=1S/C15H19B2F2N7O2/c16-15(17,8-1-3-27-4-2-8)26-13-9(6-21-26)20-7-11(23-13)22-10-5-12(25-24-10)28-14(18)19/h5-8,14H,1-4,16-17H2,(H2,22,23,24,25). The predicted octanol–water partition coefficient (Wildman–Crippen LogP) is 0.197. The van der Waals surface area contributed by atoms with Gasteiger partial charge in [-0.05, 0) is 18.8 Å². The van der Waals surface area contributed by atoms with Gasteiger partial charge in [-0.3, -0.25) is 4.68 Å². The molecule has 3 aromatic rings. The molecule has 1 fully saturated rings. The average molecular weight is 389 g/mol. The molecule has 1 saturated heterocycles. The van der Waals surface area contributed by atoms with Crippen LogP contribution in [0, 0.1) is 5.92 Å². The van der Waals surface area contributed by atoms with Crippen LogP contribution in [-0.4, -0.2) is 65.5 Å². The number of halogens is 2. The van der Waals surface area contributed by atoms with Crippen LogP contribution in [0.5, 0.6) is 5.88 Å². The van der Waals surface area contributed by atoms with E-state index in [0.717, 1.165) is 26.1 Å². The normalized spacial score (nSPS) is 16.0. The molecule has 0 radical (unpaired) electrons. The molecule has 28 heavy (non-hydrogen) atoms. The SMILES string of the molecule is BC(B)(C1CCOCC1)n1ncc2ncc(Nc3cc(OC(F)F)[nH]n3)nc21. The van der Waals surface area contributed by atoms with Gasteiger partial charge < -0.3 is 14.8 Å². The molecular formula is C15H19B2F2N7O2. The van der Waals surface area contributed by atoms with Gasteiger partial charge in [0.05, 0.1) is 12.4 Å². The van der Waals surface area contributed by atoms with Crippen LogP contribution >= 0.6 is 0 Å². The average Bonchev–Trinajstić information content (AvgIpc) is 3.29.